The number of ether oxygens (including phenoxy) is 1. The van der Waals surface area contributed by atoms with Gasteiger partial charge in [0.15, 0.2) is 11.6 Å². The van der Waals surface area contributed by atoms with Crippen molar-refractivity contribution >= 4 is 34.8 Å². The molecule has 5 N–H and O–H groups in total. The number of anilines is 3. The number of carbonyl (C=O) groups is 1. The largest absolute Gasteiger partial charge is 0.497 e. The SMILES string of the molecule is COc1ccc(C(=O)NNc2ncnc(NCc3ccccc3Cl)c2N)cc1. The number of hydrazine groups is 1. The summed E-state index contributed by atoms with van der Waals surface area (Å²) in [6.45, 7) is 0.443. The molecule has 0 radical (unpaired) electrons. The molecule has 1 amide bonds. The van der Waals surface area contributed by atoms with E-state index in [4.69, 9.17) is 22.1 Å². The lowest BCUT2D eigenvalue weighted by atomic mass is 10.2. The molecule has 0 unspecified atom stereocenters. The summed E-state index contributed by atoms with van der Waals surface area (Å²) in [5, 5.41) is 3.76. The third-order valence-corrected chi connectivity index (χ3v) is 4.30. The van der Waals surface area contributed by atoms with Crippen molar-refractivity contribution in [1.82, 2.24) is 15.4 Å². The molecule has 3 rings (SSSR count). The van der Waals surface area contributed by atoms with Crippen LogP contribution in [0.1, 0.15) is 15.9 Å². The normalized spacial score (nSPS) is 10.2. The van der Waals surface area contributed by atoms with Crippen molar-refractivity contribution in [2.75, 3.05) is 23.6 Å². The summed E-state index contributed by atoms with van der Waals surface area (Å²) >= 11 is 6.15. The lowest BCUT2D eigenvalue weighted by molar-refractivity contribution is 0.0962. The number of nitrogens with zero attached hydrogens (tertiary/aromatic N) is 2. The van der Waals surface area contributed by atoms with Crippen LogP contribution in [-0.2, 0) is 6.54 Å². The van der Waals surface area contributed by atoms with Gasteiger partial charge in [-0.05, 0) is 35.9 Å². The number of hydrogen-bond donors (Lipinski definition) is 4. The second kappa shape index (κ2) is 8.92. The van der Waals surface area contributed by atoms with Gasteiger partial charge in [0.1, 0.15) is 17.8 Å². The molecule has 144 valence electrons. The number of nitrogens with one attached hydrogen (secondary N) is 3. The highest BCUT2D eigenvalue weighted by atomic mass is 35.5. The second-order valence-electron chi connectivity index (χ2n) is 5.74. The van der Waals surface area contributed by atoms with E-state index in [9.17, 15) is 4.79 Å². The number of methoxy groups -OCH3 is 1. The van der Waals surface area contributed by atoms with Gasteiger partial charge < -0.3 is 15.8 Å². The van der Waals surface area contributed by atoms with E-state index in [0.717, 1.165) is 5.56 Å². The van der Waals surface area contributed by atoms with Gasteiger partial charge in [0.05, 0.1) is 7.11 Å². The lowest BCUT2D eigenvalue weighted by Crippen LogP contribution is -2.30. The summed E-state index contributed by atoms with van der Waals surface area (Å²) < 4.78 is 5.07. The Balaban J connectivity index is 1.63. The number of amides is 1. The monoisotopic (exact) mass is 398 g/mol. The summed E-state index contributed by atoms with van der Waals surface area (Å²) in [4.78, 5) is 20.4. The zero-order valence-corrected chi connectivity index (χ0v) is 15.8. The van der Waals surface area contributed by atoms with Crippen LogP contribution in [0.2, 0.25) is 5.02 Å². The maximum Gasteiger partial charge on any atom is 0.269 e. The first-order valence-corrected chi connectivity index (χ1v) is 8.74. The van der Waals surface area contributed by atoms with Crippen LogP contribution in [0.25, 0.3) is 0 Å². The third-order valence-electron chi connectivity index (χ3n) is 3.93. The van der Waals surface area contributed by atoms with E-state index in [1.807, 2.05) is 24.3 Å². The van der Waals surface area contributed by atoms with Gasteiger partial charge in [-0.15, -0.1) is 0 Å². The quantitative estimate of drug-likeness (QED) is 0.452. The molecule has 2 aromatic carbocycles. The van der Waals surface area contributed by atoms with Crippen LogP contribution < -0.4 is 26.6 Å². The second-order valence-corrected chi connectivity index (χ2v) is 6.14. The van der Waals surface area contributed by atoms with Crippen molar-refractivity contribution in [2.24, 2.45) is 0 Å². The first-order valence-electron chi connectivity index (χ1n) is 8.36. The average Bonchev–Trinajstić information content (AvgIpc) is 2.73. The maximum absolute atomic E-state index is 12.2. The smallest absolute Gasteiger partial charge is 0.269 e. The van der Waals surface area contributed by atoms with Crippen LogP contribution in [0, 0.1) is 0 Å². The Hall–Kier alpha value is -3.52. The number of halogens is 1. The molecule has 1 aromatic heterocycles. The Morgan fingerprint density at radius 3 is 2.54 bits per heavy atom. The van der Waals surface area contributed by atoms with Crippen LogP contribution in [0.5, 0.6) is 5.75 Å². The van der Waals surface area contributed by atoms with Crippen LogP contribution in [0.3, 0.4) is 0 Å². The number of carbonyl (C=O) groups excluding carboxylic acids is 1. The molecule has 0 saturated heterocycles. The van der Waals surface area contributed by atoms with Gasteiger partial charge in [0.2, 0.25) is 0 Å². The molecule has 28 heavy (non-hydrogen) atoms. The molecule has 0 aliphatic rings. The molecule has 1 heterocycles. The van der Waals surface area contributed by atoms with Crippen molar-refractivity contribution in [3.63, 3.8) is 0 Å². The van der Waals surface area contributed by atoms with Crippen LogP contribution >= 0.6 is 11.6 Å². The van der Waals surface area contributed by atoms with E-state index < -0.39 is 0 Å². The molecule has 0 fully saturated rings. The Bertz CT molecular complexity index is 965. The van der Waals surface area contributed by atoms with Crippen molar-refractivity contribution < 1.29 is 9.53 Å². The maximum atomic E-state index is 12.2. The Morgan fingerprint density at radius 1 is 1.11 bits per heavy atom. The van der Waals surface area contributed by atoms with Gasteiger partial charge in [-0.25, -0.2) is 9.97 Å². The molecule has 0 saturated carbocycles. The van der Waals surface area contributed by atoms with Crippen LogP contribution in [0.4, 0.5) is 17.3 Å². The first-order chi connectivity index (χ1) is 13.6. The molecule has 3 aromatic rings. The molecule has 0 bridgehead atoms. The van der Waals surface area contributed by atoms with Crippen LogP contribution in [0.15, 0.2) is 54.9 Å². The lowest BCUT2D eigenvalue weighted by Gasteiger charge is -2.13. The highest BCUT2D eigenvalue weighted by Gasteiger charge is 2.11. The van der Waals surface area contributed by atoms with Crippen molar-refractivity contribution in [3.8, 4) is 5.75 Å². The van der Waals surface area contributed by atoms with E-state index in [1.165, 1.54) is 6.33 Å². The zero-order valence-electron chi connectivity index (χ0n) is 15.1. The summed E-state index contributed by atoms with van der Waals surface area (Å²) in [6.07, 6.45) is 1.34. The standard InChI is InChI=1S/C19H19ClN6O2/c1-28-14-8-6-12(7-9-14)19(27)26-25-18-16(21)17(23-11-24-18)22-10-13-4-2-3-5-15(13)20/h2-9,11H,10,21H2,1H3,(H,26,27)(H2,22,23,24,25). The summed E-state index contributed by atoms with van der Waals surface area (Å²) in [7, 11) is 1.56. The highest BCUT2D eigenvalue weighted by Crippen LogP contribution is 2.23. The number of aromatic nitrogens is 2. The molecule has 9 heteroatoms. The van der Waals surface area contributed by atoms with E-state index in [2.05, 4.69) is 26.1 Å². The molecule has 0 aliphatic carbocycles. The summed E-state index contributed by atoms with van der Waals surface area (Å²) in [6, 6.07) is 14.2. The number of hydrogen-bond acceptors (Lipinski definition) is 7. The minimum absolute atomic E-state index is 0.268. The number of rotatable bonds is 7. The summed E-state index contributed by atoms with van der Waals surface area (Å²) in [5.74, 6) is 1.03. The third kappa shape index (κ3) is 4.60. The Morgan fingerprint density at radius 2 is 1.82 bits per heavy atom. The topological polar surface area (TPSA) is 114 Å². The molecule has 0 atom stereocenters. The van der Waals surface area contributed by atoms with Crippen molar-refractivity contribution in [1.29, 1.82) is 0 Å². The number of nitrogens with two attached hydrogens (primary N) is 1. The fraction of sp³-hybridized carbons (Fsp3) is 0.105. The minimum atomic E-state index is -0.341. The Labute approximate surface area is 167 Å². The van der Waals surface area contributed by atoms with E-state index in [0.29, 0.717) is 28.7 Å². The highest BCUT2D eigenvalue weighted by molar-refractivity contribution is 6.31. The average molecular weight is 399 g/mol. The Kier molecular flexibility index (Phi) is 6.13. The van der Waals surface area contributed by atoms with E-state index in [1.54, 1.807) is 31.4 Å². The fourth-order valence-corrected chi connectivity index (χ4v) is 2.59. The molecular formula is C19H19ClN6O2. The van der Waals surface area contributed by atoms with Crippen LogP contribution in [-0.4, -0.2) is 23.0 Å². The van der Waals surface area contributed by atoms with Gasteiger partial charge in [-0.3, -0.25) is 15.6 Å². The van der Waals surface area contributed by atoms with Gasteiger partial charge in [-0.2, -0.15) is 0 Å². The van der Waals surface area contributed by atoms with Crippen molar-refractivity contribution in [2.45, 2.75) is 6.54 Å². The van der Waals surface area contributed by atoms with Gasteiger partial charge in [0.25, 0.3) is 5.91 Å². The van der Waals surface area contributed by atoms with Gasteiger partial charge in [-0.1, -0.05) is 29.8 Å². The fourth-order valence-electron chi connectivity index (χ4n) is 2.39. The zero-order chi connectivity index (χ0) is 19.9. The van der Waals surface area contributed by atoms with Gasteiger partial charge >= 0.3 is 0 Å². The van der Waals surface area contributed by atoms with E-state index in [-0.39, 0.29) is 17.4 Å². The van der Waals surface area contributed by atoms with E-state index >= 15 is 0 Å². The first kappa shape index (κ1) is 19.2. The number of nitrogen functional groups attached to an aromatic ring is 1. The molecule has 8 nitrogen and oxygen atoms in total. The molecule has 0 aliphatic heterocycles. The predicted molar refractivity (Wildman–Crippen MR) is 109 cm³/mol. The number of benzene rings is 2. The minimum Gasteiger partial charge on any atom is -0.497 e. The predicted octanol–water partition coefficient (Wildman–Crippen LogP) is 3.09. The molecule has 0 spiro atoms. The van der Waals surface area contributed by atoms with Crippen molar-refractivity contribution in [3.05, 3.63) is 71.0 Å². The molecular weight excluding hydrogens is 380 g/mol. The van der Waals surface area contributed by atoms with Gasteiger partial charge in [0, 0.05) is 17.1 Å². The summed E-state index contributed by atoms with van der Waals surface area (Å²) in [5.41, 5.74) is 13.0.